The lowest BCUT2D eigenvalue weighted by molar-refractivity contribution is -0.139. The number of carbonyl (C=O) groups is 1. The van der Waals surface area contributed by atoms with Crippen LogP contribution >= 0.6 is 0 Å². The van der Waals surface area contributed by atoms with Gasteiger partial charge in [-0.3, -0.25) is 4.31 Å². The molecule has 1 aliphatic rings. The number of hydrogen-bond acceptors (Lipinski definition) is 4. The molecule has 0 N–H and O–H groups in total. The van der Waals surface area contributed by atoms with Crippen LogP contribution in [0.1, 0.15) is 29.7 Å². The molecular formula is C27H25NO4S. The van der Waals surface area contributed by atoms with Crippen LogP contribution in [0, 0.1) is 6.92 Å². The number of ether oxygens (including phenoxy) is 1. The monoisotopic (exact) mass is 459 g/mol. The smallest absolute Gasteiger partial charge is 0.336 e. The first-order valence-electron chi connectivity index (χ1n) is 10.7. The van der Waals surface area contributed by atoms with E-state index in [9.17, 15) is 13.2 Å². The van der Waals surface area contributed by atoms with Crippen molar-refractivity contribution < 1.29 is 17.9 Å². The van der Waals surface area contributed by atoms with E-state index in [1.165, 1.54) is 4.31 Å². The van der Waals surface area contributed by atoms with Crippen molar-refractivity contribution in [3.63, 3.8) is 0 Å². The fourth-order valence-corrected chi connectivity index (χ4v) is 5.51. The molecule has 0 fully saturated rings. The minimum Gasteiger partial charge on any atom is -0.463 e. The first kappa shape index (κ1) is 22.6. The predicted molar refractivity (Wildman–Crippen MR) is 129 cm³/mol. The van der Waals surface area contributed by atoms with E-state index in [1.54, 1.807) is 43.3 Å². The van der Waals surface area contributed by atoms with Crippen LogP contribution in [0.3, 0.4) is 0 Å². The Morgan fingerprint density at radius 1 is 0.879 bits per heavy atom. The standard InChI is InChI=1S/C27H25NO4S/c1-3-32-27(29)24-18-19-25(21-10-6-4-7-11-21)28(26(24)22-12-8-5-9-13-22)33(30,31)23-16-14-20(2)15-17-23/h4-19,26H,3H2,1-2H3. The zero-order valence-corrected chi connectivity index (χ0v) is 19.3. The van der Waals surface area contributed by atoms with E-state index in [0.717, 1.165) is 11.1 Å². The molecule has 0 spiro atoms. The third kappa shape index (κ3) is 4.47. The molecule has 0 radical (unpaired) electrons. The van der Waals surface area contributed by atoms with Gasteiger partial charge in [0.15, 0.2) is 0 Å². The first-order chi connectivity index (χ1) is 15.9. The number of benzene rings is 3. The Kier molecular flexibility index (Phi) is 6.47. The summed E-state index contributed by atoms with van der Waals surface area (Å²) in [5, 5.41) is 0. The number of esters is 1. The largest absolute Gasteiger partial charge is 0.463 e. The Balaban J connectivity index is 1.98. The van der Waals surface area contributed by atoms with Crippen molar-refractivity contribution >= 4 is 21.7 Å². The molecule has 3 aromatic rings. The van der Waals surface area contributed by atoms with Crippen molar-refractivity contribution in [1.82, 2.24) is 4.31 Å². The van der Waals surface area contributed by atoms with Crippen molar-refractivity contribution in [3.8, 4) is 0 Å². The molecule has 1 heterocycles. The fourth-order valence-electron chi connectivity index (χ4n) is 3.87. The first-order valence-corrected chi connectivity index (χ1v) is 12.2. The number of nitrogens with zero attached hydrogens (tertiary/aromatic N) is 1. The summed E-state index contributed by atoms with van der Waals surface area (Å²) in [5.41, 5.74) is 3.11. The van der Waals surface area contributed by atoms with E-state index in [-0.39, 0.29) is 17.1 Å². The van der Waals surface area contributed by atoms with Gasteiger partial charge in [0, 0.05) is 0 Å². The molecule has 4 rings (SSSR count). The molecule has 3 aromatic carbocycles. The maximum Gasteiger partial charge on any atom is 0.336 e. The van der Waals surface area contributed by atoms with Crippen molar-refractivity contribution in [2.75, 3.05) is 6.61 Å². The van der Waals surface area contributed by atoms with Crippen molar-refractivity contribution in [1.29, 1.82) is 0 Å². The highest BCUT2D eigenvalue weighted by Gasteiger charge is 2.41. The topological polar surface area (TPSA) is 63.7 Å². The Bertz CT molecular complexity index is 1300. The molecule has 0 aromatic heterocycles. The van der Waals surface area contributed by atoms with Crippen LogP contribution in [0.5, 0.6) is 0 Å². The molecule has 0 saturated heterocycles. The second kappa shape index (κ2) is 9.46. The number of carbonyl (C=O) groups excluding carboxylic acids is 1. The normalized spacial score (nSPS) is 16.1. The van der Waals surface area contributed by atoms with E-state index >= 15 is 0 Å². The van der Waals surface area contributed by atoms with Gasteiger partial charge in [-0.05, 0) is 49.3 Å². The minimum absolute atomic E-state index is 0.154. The lowest BCUT2D eigenvalue weighted by Gasteiger charge is -2.37. The average Bonchev–Trinajstić information content (AvgIpc) is 2.84. The van der Waals surface area contributed by atoms with Gasteiger partial charge in [-0.25, -0.2) is 13.2 Å². The van der Waals surface area contributed by atoms with E-state index in [1.807, 2.05) is 67.6 Å². The van der Waals surface area contributed by atoms with Gasteiger partial charge in [-0.2, -0.15) is 0 Å². The molecule has 1 unspecified atom stereocenters. The summed E-state index contributed by atoms with van der Waals surface area (Å²) in [6.07, 6.45) is 3.34. The van der Waals surface area contributed by atoms with Crippen molar-refractivity contribution in [3.05, 3.63) is 119 Å². The minimum atomic E-state index is -4.04. The van der Waals surface area contributed by atoms with E-state index < -0.39 is 22.0 Å². The van der Waals surface area contributed by atoms with Crippen LogP contribution in [0.25, 0.3) is 5.70 Å². The second-order valence-electron chi connectivity index (χ2n) is 7.69. The summed E-state index contributed by atoms with van der Waals surface area (Å²) in [6, 6.07) is 24.3. The van der Waals surface area contributed by atoms with Gasteiger partial charge in [0.2, 0.25) is 0 Å². The van der Waals surface area contributed by atoms with Gasteiger partial charge in [-0.1, -0.05) is 78.4 Å². The third-order valence-electron chi connectivity index (χ3n) is 5.46. The quantitative estimate of drug-likeness (QED) is 0.471. The van der Waals surface area contributed by atoms with Crippen LogP contribution in [0.15, 0.2) is 108 Å². The zero-order chi connectivity index (χ0) is 23.4. The maximum absolute atomic E-state index is 14.1. The zero-order valence-electron chi connectivity index (χ0n) is 18.5. The Morgan fingerprint density at radius 2 is 1.48 bits per heavy atom. The highest BCUT2D eigenvalue weighted by molar-refractivity contribution is 7.89. The van der Waals surface area contributed by atoms with Gasteiger partial charge in [0.05, 0.1) is 22.8 Å². The van der Waals surface area contributed by atoms with Gasteiger partial charge in [0.25, 0.3) is 10.0 Å². The molecule has 168 valence electrons. The van der Waals surface area contributed by atoms with Crippen LogP contribution in [-0.2, 0) is 19.6 Å². The molecule has 6 heteroatoms. The average molecular weight is 460 g/mol. The van der Waals surface area contributed by atoms with Crippen LogP contribution < -0.4 is 0 Å². The highest BCUT2D eigenvalue weighted by atomic mass is 32.2. The Morgan fingerprint density at radius 3 is 2.09 bits per heavy atom. The van der Waals surface area contributed by atoms with Crippen molar-refractivity contribution in [2.45, 2.75) is 24.8 Å². The number of allylic oxidation sites excluding steroid dienone is 2. The van der Waals surface area contributed by atoms with Crippen molar-refractivity contribution in [2.24, 2.45) is 0 Å². The van der Waals surface area contributed by atoms with Crippen LogP contribution in [0.2, 0.25) is 0 Å². The second-order valence-corrected chi connectivity index (χ2v) is 9.50. The SMILES string of the molecule is CCOC(=O)C1=CC=C(c2ccccc2)N(S(=O)(=O)c2ccc(C)cc2)C1c1ccccc1. The molecule has 0 bridgehead atoms. The molecule has 33 heavy (non-hydrogen) atoms. The van der Waals surface area contributed by atoms with Crippen LogP contribution in [0.4, 0.5) is 0 Å². The Labute approximate surface area is 194 Å². The molecular weight excluding hydrogens is 434 g/mol. The summed E-state index contributed by atoms with van der Waals surface area (Å²) < 4.78 is 34.8. The lowest BCUT2D eigenvalue weighted by Crippen LogP contribution is -2.38. The predicted octanol–water partition coefficient (Wildman–Crippen LogP) is 5.27. The molecule has 1 atom stereocenters. The number of aryl methyl sites for hydroxylation is 1. The van der Waals surface area contributed by atoms with Crippen LogP contribution in [-0.4, -0.2) is 25.3 Å². The van der Waals surface area contributed by atoms with E-state index in [0.29, 0.717) is 11.3 Å². The highest BCUT2D eigenvalue weighted by Crippen LogP contribution is 2.43. The summed E-state index contributed by atoms with van der Waals surface area (Å²) >= 11 is 0. The molecule has 0 amide bonds. The number of hydrogen-bond donors (Lipinski definition) is 0. The summed E-state index contributed by atoms with van der Waals surface area (Å²) in [7, 11) is -4.04. The third-order valence-corrected chi connectivity index (χ3v) is 7.25. The summed E-state index contributed by atoms with van der Waals surface area (Å²) in [5.74, 6) is -0.543. The maximum atomic E-state index is 14.1. The fraction of sp³-hybridized carbons (Fsp3) is 0.148. The molecule has 0 aliphatic carbocycles. The summed E-state index contributed by atoms with van der Waals surface area (Å²) in [4.78, 5) is 13.1. The van der Waals surface area contributed by atoms with Gasteiger partial charge < -0.3 is 4.74 Å². The van der Waals surface area contributed by atoms with Gasteiger partial charge >= 0.3 is 5.97 Å². The Hall–Kier alpha value is -3.64. The summed E-state index contributed by atoms with van der Waals surface area (Å²) in [6.45, 7) is 3.82. The van der Waals surface area contributed by atoms with Gasteiger partial charge in [-0.15, -0.1) is 0 Å². The van der Waals surface area contributed by atoms with E-state index in [2.05, 4.69) is 0 Å². The van der Waals surface area contributed by atoms with Gasteiger partial charge in [0.1, 0.15) is 6.04 Å². The lowest BCUT2D eigenvalue weighted by atomic mass is 9.94. The number of sulfonamides is 1. The van der Waals surface area contributed by atoms with E-state index in [4.69, 9.17) is 4.74 Å². The molecule has 0 saturated carbocycles. The molecule has 1 aliphatic heterocycles. The number of rotatable bonds is 6. The molecule has 5 nitrogen and oxygen atoms in total.